The Morgan fingerprint density at radius 1 is 0.446 bits per heavy atom. The molecule has 74 heavy (non-hydrogen) atoms. The van der Waals surface area contributed by atoms with E-state index in [2.05, 4.69) is 18.9 Å². The number of Topliss-reactive ketones (excluding diaryl/α,β-unsaturated/α-hetero) is 1. The van der Waals surface area contributed by atoms with Crippen LogP contribution >= 0.6 is 0 Å². The van der Waals surface area contributed by atoms with Crippen molar-refractivity contribution >= 4 is 37.4 Å². The summed E-state index contributed by atoms with van der Waals surface area (Å²) in [5, 5.41) is 5.66. The number of carbonyl (C=O) groups excluding carboxylic acids is 1. The molecule has 0 aromatic heterocycles. The van der Waals surface area contributed by atoms with Crippen molar-refractivity contribution in [3.63, 3.8) is 0 Å². The highest BCUT2D eigenvalue weighted by molar-refractivity contribution is 7.86. The Bertz CT molecular complexity index is 2510. The van der Waals surface area contributed by atoms with Gasteiger partial charge >= 0.3 is 44.9 Å². The minimum absolute atomic E-state index is 0.0244. The van der Waals surface area contributed by atoms with Crippen LogP contribution in [0.1, 0.15) is 86.5 Å². The molecule has 0 aliphatic rings. The van der Waals surface area contributed by atoms with Crippen molar-refractivity contribution in [2.75, 3.05) is 37.9 Å². The first-order valence-corrected chi connectivity index (χ1v) is 25.4. The molecular weight excluding hydrogens is 1060 g/mol. The summed E-state index contributed by atoms with van der Waals surface area (Å²) in [5.74, 6) is -9.56. The Morgan fingerprint density at radius 2 is 0.716 bits per heavy atom. The third kappa shape index (κ3) is 19.2. The van der Waals surface area contributed by atoms with E-state index in [1.54, 1.807) is 13.8 Å². The molecular formula is C47H48F12N2O11S2. The SMILES string of the molecule is CCCCS(=O)(=O)ON=C(c1ccc(OCCCOc2ccc(C(C(=O)C(c3ccc(OCCCOc4ccc(C(=NOS(=O)(=O)CCCC)C(F)(F)F)cc4)cc3)C(F)(F)F)C(F)(F)F)cc2)cc1)C(F)(F)F. The molecule has 0 aliphatic heterocycles. The van der Waals surface area contributed by atoms with Gasteiger partial charge in [-0.3, -0.25) is 13.4 Å². The number of ketones is 1. The van der Waals surface area contributed by atoms with E-state index in [4.69, 9.17) is 18.9 Å². The van der Waals surface area contributed by atoms with Gasteiger partial charge in [-0.15, -0.1) is 0 Å². The van der Waals surface area contributed by atoms with E-state index in [9.17, 15) is 74.3 Å². The molecule has 0 spiro atoms. The molecule has 0 heterocycles. The fourth-order valence-electron chi connectivity index (χ4n) is 6.45. The molecule has 0 radical (unpaired) electrons. The summed E-state index contributed by atoms with van der Waals surface area (Å²) in [6, 6.07) is 15.7. The molecule has 4 rings (SSSR count). The molecule has 0 saturated carbocycles. The minimum Gasteiger partial charge on any atom is -0.493 e. The number of alkyl halides is 12. The van der Waals surface area contributed by atoms with E-state index in [1.165, 1.54) is 0 Å². The van der Waals surface area contributed by atoms with Gasteiger partial charge in [0.25, 0.3) is 0 Å². The van der Waals surface area contributed by atoms with Crippen LogP contribution in [0.5, 0.6) is 23.0 Å². The molecule has 0 aliphatic carbocycles. The van der Waals surface area contributed by atoms with Crippen LogP contribution in [0.2, 0.25) is 0 Å². The van der Waals surface area contributed by atoms with Gasteiger partial charge in [-0.05, 0) is 96.8 Å². The van der Waals surface area contributed by atoms with Crippen molar-refractivity contribution in [2.45, 2.75) is 88.9 Å². The minimum atomic E-state index is -5.47. The zero-order valence-electron chi connectivity index (χ0n) is 39.1. The van der Waals surface area contributed by atoms with Crippen molar-refractivity contribution < 1.29 is 102 Å². The summed E-state index contributed by atoms with van der Waals surface area (Å²) < 4.78 is 246. The summed E-state index contributed by atoms with van der Waals surface area (Å²) >= 11 is 0. The number of rotatable bonds is 28. The van der Waals surface area contributed by atoms with Gasteiger partial charge in [0.15, 0.2) is 17.2 Å². The Morgan fingerprint density at radius 3 is 0.959 bits per heavy atom. The Kier molecular flexibility index (Phi) is 21.4. The maximum Gasteiger partial charge on any atom is 0.437 e. The van der Waals surface area contributed by atoms with Crippen molar-refractivity contribution in [3.05, 3.63) is 119 Å². The van der Waals surface area contributed by atoms with E-state index in [0.29, 0.717) is 12.8 Å². The summed E-state index contributed by atoms with van der Waals surface area (Å²) in [5.41, 5.74) is -5.87. The largest absolute Gasteiger partial charge is 0.493 e. The van der Waals surface area contributed by atoms with E-state index >= 15 is 0 Å². The third-order valence-electron chi connectivity index (χ3n) is 10.1. The van der Waals surface area contributed by atoms with E-state index < -0.39 is 108 Å². The molecule has 13 nitrogen and oxygen atoms in total. The summed E-state index contributed by atoms with van der Waals surface area (Å²) in [6.45, 7) is 2.97. The molecule has 408 valence electrons. The second kappa shape index (κ2) is 26.3. The first-order valence-electron chi connectivity index (χ1n) is 22.3. The molecule has 0 fully saturated rings. The molecule has 0 bridgehead atoms. The molecule has 0 N–H and O–H groups in total. The standard InChI is InChI=1S/C47H48F12N2O11S2/c1-3-5-29-73(63,64)71-60-42(46(54,55)56)33-13-21-37(22-14-33)69-27-7-25-67-35-17-9-31(10-18-35)39(44(48,49)50)41(62)40(45(51,52)53)32-11-19-36(20-12-32)68-26-8-28-70-38-23-15-34(16-24-38)43(47(57,58)59)61-72-74(65,66)30-6-4-2/h9-24,39-40H,3-8,25-30H2,1-2H3. The number of ether oxygens (including phenoxy) is 4. The highest BCUT2D eigenvalue weighted by atomic mass is 32.2. The average Bonchev–Trinajstić information content (AvgIpc) is 3.30. The maximum atomic E-state index is 14.4. The highest BCUT2D eigenvalue weighted by Gasteiger charge is 2.55. The van der Waals surface area contributed by atoms with Gasteiger partial charge in [-0.2, -0.15) is 69.5 Å². The Hall–Kier alpha value is -6.25. The molecule has 4 aromatic carbocycles. The number of oxime groups is 2. The van der Waals surface area contributed by atoms with Crippen LogP contribution in [0.25, 0.3) is 0 Å². The van der Waals surface area contributed by atoms with Gasteiger partial charge in [0.2, 0.25) is 0 Å². The Labute approximate surface area is 417 Å². The van der Waals surface area contributed by atoms with Crippen molar-refractivity contribution in [2.24, 2.45) is 10.3 Å². The lowest BCUT2D eigenvalue weighted by Gasteiger charge is -2.27. The van der Waals surface area contributed by atoms with E-state index in [1.807, 2.05) is 0 Å². The zero-order valence-corrected chi connectivity index (χ0v) is 40.7. The maximum absolute atomic E-state index is 14.4. The number of hydrogen-bond donors (Lipinski definition) is 0. The Balaban J connectivity index is 1.30. The topological polar surface area (TPSA) is 165 Å². The van der Waals surface area contributed by atoms with Crippen molar-refractivity contribution in [1.29, 1.82) is 0 Å². The second-order valence-corrected chi connectivity index (χ2v) is 19.2. The molecule has 0 amide bonds. The first-order chi connectivity index (χ1) is 34.5. The summed E-state index contributed by atoms with van der Waals surface area (Å²) in [7, 11) is -8.70. The van der Waals surface area contributed by atoms with E-state index in [0.717, 1.165) is 97.1 Å². The predicted octanol–water partition coefficient (Wildman–Crippen LogP) is 11.8. The van der Waals surface area contributed by atoms with Gasteiger partial charge < -0.3 is 18.9 Å². The van der Waals surface area contributed by atoms with Crippen LogP contribution in [-0.2, 0) is 33.6 Å². The summed E-state index contributed by atoms with van der Waals surface area (Å²) in [6.07, 6.45) is -19.6. The fraction of sp³-hybridized carbons (Fsp3) is 0.426. The molecule has 27 heteroatoms. The van der Waals surface area contributed by atoms with Crippen molar-refractivity contribution in [1.82, 2.24) is 0 Å². The second-order valence-electron chi connectivity index (χ2n) is 15.9. The smallest absolute Gasteiger partial charge is 0.437 e. The lowest BCUT2D eigenvalue weighted by molar-refractivity contribution is -0.183. The monoisotopic (exact) mass is 1110 g/mol. The van der Waals surface area contributed by atoms with Crippen LogP contribution in [0.3, 0.4) is 0 Å². The predicted molar refractivity (Wildman–Crippen MR) is 244 cm³/mol. The highest BCUT2D eigenvalue weighted by Crippen LogP contribution is 2.45. The third-order valence-corrected chi connectivity index (χ3v) is 12.3. The number of nitrogens with zero attached hydrogens (tertiary/aromatic N) is 2. The molecule has 0 saturated heterocycles. The summed E-state index contributed by atoms with van der Waals surface area (Å²) in [4.78, 5) is 13.3. The molecule has 2 unspecified atom stereocenters. The average molecular weight is 1110 g/mol. The number of halogens is 12. The lowest BCUT2D eigenvalue weighted by atomic mass is 9.82. The normalized spacial score (nSPS) is 14.0. The number of unbranched alkanes of at least 4 members (excludes halogenated alkanes) is 2. The van der Waals surface area contributed by atoms with Crippen LogP contribution in [0, 0.1) is 0 Å². The number of hydrogen-bond acceptors (Lipinski definition) is 13. The fourth-order valence-corrected chi connectivity index (χ4v) is 8.26. The van der Waals surface area contributed by atoms with Gasteiger partial charge in [-0.1, -0.05) is 61.3 Å². The van der Waals surface area contributed by atoms with Crippen molar-refractivity contribution in [3.8, 4) is 23.0 Å². The van der Waals surface area contributed by atoms with Crippen LogP contribution in [0.15, 0.2) is 107 Å². The number of benzene rings is 4. The molecule has 2 atom stereocenters. The van der Waals surface area contributed by atoms with Gasteiger partial charge in [0, 0.05) is 24.0 Å². The lowest BCUT2D eigenvalue weighted by Crippen LogP contribution is -2.38. The van der Waals surface area contributed by atoms with Gasteiger partial charge in [0.05, 0.1) is 37.9 Å². The van der Waals surface area contributed by atoms with Crippen LogP contribution in [0.4, 0.5) is 52.7 Å². The number of carbonyl (C=O) groups is 1. The van der Waals surface area contributed by atoms with Gasteiger partial charge in [-0.25, -0.2) is 0 Å². The van der Waals surface area contributed by atoms with E-state index in [-0.39, 0.29) is 75.1 Å². The van der Waals surface area contributed by atoms with Gasteiger partial charge in [0.1, 0.15) is 34.8 Å². The molecule has 4 aromatic rings. The van der Waals surface area contributed by atoms with Crippen LogP contribution < -0.4 is 18.9 Å². The first kappa shape index (κ1) is 60.3. The quantitative estimate of drug-likeness (QED) is 0.0230. The van der Waals surface area contributed by atoms with Crippen LogP contribution in [-0.4, -0.2) is 96.7 Å². The zero-order chi connectivity index (χ0) is 55.0.